The highest BCUT2D eigenvalue weighted by molar-refractivity contribution is 7.08. The molecule has 1 aliphatic heterocycles. The van der Waals surface area contributed by atoms with Crippen molar-refractivity contribution in [1.82, 2.24) is 19.4 Å². The maximum absolute atomic E-state index is 12.6. The summed E-state index contributed by atoms with van der Waals surface area (Å²) in [6.07, 6.45) is 0.672. The second kappa shape index (κ2) is 7.68. The van der Waals surface area contributed by atoms with Crippen molar-refractivity contribution in [2.24, 2.45) is 0 Å². The van der Waals surface area contributed by atoms with Crippen LogP contribution in [-0.4, -0.2) is 57.4 Å². The minimum Gasteiger partial charge on any atom is -0.335 e. The van der Waals surface area contributed by atoms with Gasteiger partial charge in [-0.05, 0) is 36.2 Å². The van der Waals surface area contributed by atoms with Gasteiger partial charge in [-0.2, -0.15) is 0 Å². The summed E-state index contributed by atoms with van der Waals surface area (Å²) >= 11 is 13.1. The van der Waals surface area contributed by atoms with Gasteiger partial charge >= 0.3 is 0 Å². The number of halogens is 2. The van der Waals surface area contributed by atoms with Gasteiger partial charge in [0.15, 0.2) is 0 Å². The molecule has 132 valence electrons. The molecule has 0 radical (unpaired) electrons. The molecule has 9 heteroatoms. The first-order chi connectivity index (χ1) is 12.0. The standard InChI is InChI=1S/C16H16Cl2N4O2S/c1-2-13-14(25-20-19-13)16(24)22-5-3-21(4-6-22)15(23)10-7-11(17)9-12(18)8-10/h7-9H,2-6H2,1H3. The Bertz CT molecular complexity index is 783. The zero-order valence-electron chi connectivity index (χ0n) is 13.5. The highest BCUT2D eigenvalue weighted by Crippen LogP contribution is 2.21. The van der Waals surface area contributed by atoms with Gasteiger partial charge in [-0.3, -0.25) is 9.59 Å². The molecule has 2 aromatic rings. The van der Waals surface area contributed by atoms with E-state index in [1.54, 1.807) is 28.0 Å². The summed E-state index contributed by atoms with van der Waals surface area (Å²) in [6.45, 7) is 3.81. The lowest BCUT2D eigenvalue weighted by Crippen LogP contribution is -2.50. The van der Waals surface area contributed by atoms with Gasteiger partial charge in [0.25, 0.3) is 11.8 Å². The largest absolute Gasteiger partial charge is 0.335 e. The van der Waals surface area contributed by atoms with Crippen molar-refractivity contribution in [3.8, 4) is 0 Å². The third kappa shape index (κ3) is 3.94. The summed E-state index contributed by atoms with van der Waals surface area (Å²) in [7, 11) is 0. The average molecular weight is 399 g/mol. The summed E-state index contributed by atoms with van der Waals surface area (Å²) < 4.78 is 3.86. The van der Waals surface area contributed by atoms with Crippen LogP contribution >= 0.6 is 34.7 Å². The van der Waals surface area contributed by atoms with E-state index in [0.717, 1.165) is 17.2 Å². The van der Waals surface area contributed by atoms with Crippen molar-refractivity contribution in [2.45, 2.75) is 13.3 Å². The molecule has 1 aromatic heterocycles. The summed E-state index contributed by atoms with van der Waals surface area (Å²) in [5, 5.41) is 4.83. The van der Waals surface area contributed by atoms with Crippen molar-refractivity contribution < 1.29 is 9.59 Å². The van der Waals surface area contributed by atoms with Crippen LogP contribution in [0.3, 0.4) is 0 Å². The molecule has 0 saturated carbocycles. The Labute approximate surface area is 159 Å². The fourth-order valence-electron chi connectivity index (χ4n) is 2.72. The normalized spacial score (nSPS) is 14.7. The van der Waals surface area contributed by atoms with Crippen LogP contribution in [0.15, 0.2) is 18.2 Å². The van der Waals surface area contributed by atoms with Crippen LogP contribution in [0.5, 0.6) is 0 Å². The van der Waals surface area contributed by atoms with Gasteiger partial charge in [0.2, 0.25) is 0 Å². The predicted molar refractivity (Wildman–Crippen MR) is 97.6 cm³/mol. The number of benzene rings is 1. The molecule has 2 heterocycles. The number of aromatic nitrogens is 2. The fraction of sp³-hybridized carbons (Fsp3) is 0.375. The first-order valence-corrected chi connectivity index (χ1v) is 9.38. The molecule has 1 fully saturated rings. The molecule has 0 unspecified atom stereocenters. The van der Waals surface area contributed by atoms with E-state index in [-0.39, 0.29) is 11.8 Å². The third-order valence-electron chi connectivity index (χ3n) is 4.05. The monoisotopic (exact) mass is 398 g/mol. The van der Waals surface area contributed by atoms with Gasteiger partial charge in [-0.1, -0.05) is 34.6 Å². The smallest absolute Gasteiger partial charge is 0.267 e. The lowest BCUT2D eigenvalue weighted by Gasteiger charge is -2.34. The van der Waals surface area contributed by atoms with E-state index in [4.69, 9.17) is 23.2 Å². The molecule has 0 N–H and O–H groups in total. The van der Waals surface area contributed by atoms with Gasteiger partial charge in [0.05, 0.1) is 5.69 Å². The SMILES string of the molecule is CCc1nnsc1C(=O)N1CCN(C(=O)c2cc(Cl)cc(Cl)c2)CC1. The van der Waals surface area contributed by atoms with Crippen molar-refractivity contribution >= 4 is 46.5 Å². The van der Waals surface area contributed by atoms with E-state index >= 15 is 0 Å². The number of nitrogens with zero attached hydrogens (tertiary/aromatic N) is 4. The van der Waals surface area contributed by atoms with Crippen molar-refractivity contribution in [1.29, 1.82) is 0 Å². The number of carbonyl (C=O) groups excluding carboxylic acids is 2. The Balaban J connectivity index is 1.65. The lowest BCUT2D eigenvalue weighted by molar-refractivity contribution is 0.0537. The Morgan fingerprint density at radius 1 is 1.04 bits per heavy atom. The third-order valence-corrected chi connectivity index (χ3v) is 5.24. The first kappa shape index (κ1) is 18.1. The Morgan fingerprint density at radius 3 is 2.16 bits per heavy atom. The number of piperazine rings is 1. The Kier molecular flexibility index (Phi) is 5.56. The van der Waals surface area contributed by atoms with Crippen LogP contribution in [0.25, 0.3) is 0 Å². The van der Waals surface area contributed by atoms with Crippen LogP contribution in [0.4, 0.5) is 0 Å². The number of aryl methyl sites for hydroxylation is 1. The van der Waals surface area contributed by atoms with E-state index in [1.807, 2.05) is 6.92 Å². The molecule has 0 aliphatic carbocycles. The molecule has 0 spiro atoms. The molecule has 0 bridgehead atoms. The molecule has 25 heavy (non-hydrogen) atoms. The molecule has 2 amide bonds. The molecular formula is C16H16Cl2N4O2S. The molecule has 1 aromatic carbocycles. The van der Waals surface area contributed by atoms with Gasteiger partial charge in [-0.15, -0.1) is 5.10 Å². The zero-order chi connectivity index (χ0) is 18.0. The zero-order valence-corrected chi connectivity index (χ0v) is 15.9. The highest BCUT2D eigenvalue weighted by Gasteiger charge is 2.28. The van der Waals surface area contributed by atoms with Gasteiger partial charge in [0.1, 0.15) is 4.88 Å². The molecule has 6 nitrogen and oxygen atoms in total. The molecule has 0 atom stereocenters. The molecular weight excluding hydrogens is 383 g/mol. The lowest BCUT2D eigenvalue weighted by atomic mass is 10.1. The van der Waals surface area contributed by atoms with Crippen molar-refractivity contribution in [3.63, 3.8) is 0 Å². The minimum absolute atomic E-state index is 0.0650. The summed E-state index contributed by atoms with van der Waals surface area (Å²) in [6, 6.07) is 4.79. The number of carbonyl (C=O) groups is 2. The average Bonchev–Trinajstić information content (AvgIpc) is 3.08. The molecule has 3 rings (SSSR count). The minimum atomic E-state index is -0.134. The van der Waals surface area contributed by atoms with Crippen LogP contribution < -0.4 is 0 Å². The molecule has 1 saturated heterocycles. The quantitative estimate of drug-likeness (QED) is 0.796. The number of hydrogen-bond donors (Lipinski definition) is 0. The number of hydrogen-bond acceptors (Lipinski definition) is 5. The number of rotatable bonds is 3. The summed E-state index contributed by atoms with van der Waals surface area (Å²) in [5.74, 6) is -0.199. The maximum Gasteiger partial charge on any atom is 0.267 e. The van der Waals surface area contributed by atoms with Crippen LogP contribution in [0.1, 0.15) is 32.6 Å². The van der Waals surface area contributed by atoms with Crippen LogP contribution in [-0.2, 0) is 6.42 Å². The van der Waals surface area contributed by atoms with E-state index in [1.165, 1.54) is 0 Å². The van der Waals surface area contributed by atoms with E-state index in [9.17, 15) is 9.59 Å². The van der Waals surface area contributed by atoms with Crippen molar-refractivity contribution in [2.75, 3.05) is 26.2 Å². The second-order valence-electron chi connectivity index (χ2n) is 5.64. The fourth-order valence-corrected chi connectivity index (χ4v) is 3.96. The van der Waals surface area contributed by atoms with Crippen LogP contribution in [0.2, 0.25) is 10.0 Å². The van der Waals surface area contributed by atoms with Gasteiger partial charge < -0.3 is 9.80 Å². The second-order valence-corrected chi connectivity index (χ2v) is 7.27. The van der Waals surface area contributed by atoms with Gasteiger partial charge in [0, 0.05) is 41.8 Å². The van der Waals surface area contributed by atoms with Crippen LogP contribution in [0, 0.1) is 0 Å². The summed E-state index contributed by atoms with van der Waals surface area (Å²) in [5.41, 5.74) is 1.18. The van der Waals surface area contributed by atoms with E-state index in [2.05, 4.69) is 9.59 Å². The Hall–Kier alpha value is -1.70. The first-order valence-electron chi connectivity index (χ1n) is 7.85. The topological polar surface area (TPSA) is 66.4 Å². The highest BCUT2D eigenvalue weighted by atomic mass is 35.5. The number of amides is 2. The summed E-state index contributed by atoms with van der Waals surface area (Å²) in [4.78, 5) is 29.2. The van der Waals surface area contributed by atoms with E-state index < -0.39 is 0 Å². The van der Waals surface area contributed by atoms with Gasteiger partial charge in [-0.25, -0.2) is 0 Å². The van der Waals surface area contributed by atoms with Crippen molar-refractivity contribution in [3.05, 3.63) is 44.4 Å². The molecule has 1 aliphatic rings. The van der Waals surface area contributed by atoms with E-state index in [0.29, 0.717) is 53.1 Å². The maximum atomic E-state index is 12.6. The predicted octanol–water partition coefficient (Wildman–Crippen LogP) is 3.01. The Morgan fingerprint density at radius 2 is 1.60 bits per heavy atom.